The predicted octanol–water partition coefficient (Wildman–Crippen LogP) is 5.29. The lowest BCUT2D eigenvalue weighted by atomic mass is 10.2. The van der Waals surface area contributed by atoms with Gasteiger partial charge in [0.15, 0.2) is 0 Å². The van der Waals surface area contributed by atoms with Crippen LogP contribution in [0.25, 0.3) is 6.08 Å². The van der Waals surface area contributed by atoms with Gasteiger partial charge in [-0.05, 0) is 36.2 Å². The van der Waals surface area contributed by atoms with Crippen molar-refractivity contribution in [2.45, 2.75) is 22.1 Å². The maximum Gasteiger partial charge on any atom is 0.362 e. The summed E-state index contributed by atoms with van der Waals surface area (Å²) in [5.41, 5.74) is -1.67. The normalized spacial score (nSPS) is 11.3. The average Bonchev–Trinajstić information content (AvgIpc) is 2.55. The number of benzene rings is 1. The van der Waals surface area contributed by atoms with Crippen LogP contribution in [-0.2, 0) is 10.1 Å². The van der Waals surface area contributed by atoms with Crippen LogP contribution >= 0.6 is 35.0 Å². The van der Waals surface area contributed by atoms with Crippen LogP contribution in [0.4, 0.5) is 8.78 Å². The lowest BCUT2D eigenvalue weighted by Crippen LogP contribution is -2.24. The summed E-state index contributed by atoms with van der Waals surface area (Å²) in [7, 11) is 0. The zero-order valence-corrected chi connectivity index (χ0v) is 15.8. The number of halogens is 4. The second kappa shape index (κ2) is 8.24. The largest absolute Gasteiger partial charge is 0.462 e. The minimum absolute atomic E-state index is 0.0137. The lowest BCUT2D eigenvalue weighted by molar-refractivity contribution is 0.0517. The fourth-order valence-corrected chi connectivity index (χ4v) is 3.58. The molecule has 0 radical (unpaired) electrons. The zero-order valence-electron chi connectivity index (χ0n) is 13.4. The molecule has 0 unspecified atom stereocenters. The first-order valence-corrected chi connectivity index (χ1v) is 8.86. The SMILES string of the molecule is C=Cc1cccc(Cl)c1Sc1cc(C(F)(F)Cl)[nH]c(=O)c1C(=O)OCC. The number of aromatic nitrogens is 1. The minimum atomic E-state index is -3.82. The fraction of sp³-hybridized carbons (Fsp3) is 0.176. The van der Waals surface area contributed by atoms with Crippen LogP contribution < -0.4 is 5.56 Å². The van der Waals surface area contributed by atoms with Crippen LogP contribution in [0.15, 0.2) is 45.4 Å². The third-order valence-corrected chi connectivity index (χ3v) is 5.04. The third-order valence-electron chi connectivity index (χ3n) is 3.21. The number of esters is 1. The number of ether oxygens (including phenoxy) is 1. The predicted molar refractivity (Wildman–Crippen MR) is 98.4 cm³/mol. The molecule has 1 N–H and O–H groups in total. The van der Waals surface area contributed by atoms with Crippen LogP contribution in [-0.4, -0.2) is 17.6 Å². The van der Waals surface area contributed by atoms with Crippen molar-refractivity contribution in [1.82, 2.24) is 4.98 Å². The second-order valence-electron chi connectivity index (χ2n) is 4.93. The highest BCUT2D eigenvalue weighted by Crippen LogP contribution is 2.40. The van der Waals surface area contributed by atoms with E-state index in [9.17, 15) is 18.4 Å². The summed E-state index contributed by atoms with van der Waals surface area (Å²) >= 11 is 12.1. The van der Waals surface area contributed by atoms with Crippen LogP contribution in [0.1, 0.15) is 28.5 Å². The molecule has 0 amide bonds. The van der Waals surface area contributed by atoms with Crippen LogP contribution in [0.3, 0.4) is 0 Å². The molecule has 0 saturated heterocycles. The Bertz CT molecular complexity index is 910. The van der Waals surface area contributed by atoms with E-state index < -0.39 is 28.2 Å². The number of hydrogen-bond acceptors (Lipinski definition) is 4. The van der Waals surface area contributed by atoms with E-state index in [4.69, 9.17) is 27.9 Å². The molecule has 0 saturated carbocycles. The molecule has 0 atom stereocenters. The van der Waals surface area contributed by atoms with E-state index in [-0.39, 0.29) is 11.5 Å². The van der Waals surface area contributed by atoms with Gasteiger partial charge in [-0.3, -0.25) is 4.79 Å². The van der Waals surface area contributed by atoms with Gasteiger partial charge in [-0.15, -0.1) is 0 Å². The van der Waals surface area contributed by atoms with Crippen molar-refractivity contribution in [2.24, 2.45) is 0 Å². The monoisotopic (exact) mass is 419 g/mol. The number of carbonyl (C=O) groups excluding carboxylic acids is 1. The molecular weight excluding hydrogens is 407 g/mol. The first-order chi connectivity index (χ1) is 12.2. The molecule has 2 rings (SSSR count). The summed E-state index contributed by atoms with van der Waals surface area (Å²) in [6.07, 6.45) is 1.52. The maximum absolute atomic E-state index is 13.5. The third kappa shape index (κ3) is 4.47. The molecule has 4 nitrogen and oxygen atoms in total. The van der Waals surface area contributed by atoms with Crippen molar-refractivity contribution in [2.75, 3.05) is 6.61 Å². The molecule has 2 aromatic rings. The van der Waals surface area contributed by atoms with Crippen molar-refractivity contribution >= 4 is 47.0 Å². The summed E-state index contributed by atoms with van der Waals surface area (Å²) in [5, 5.41) is -3.51. The first-order valence-electron chi connectivity index (χ1n) is 7.29. The second-order valence-corrected chi connectivity index (χ2v) is 6.87. The minimum Gasteiger partial charge on any atom is -0.462 e. The van der Waals surface area contributed by atoms with E-state index >= 15 is 0 Å². The van der Waals surface area contributed by atoms with Crippen molar-refractivity contribution in [3.05, 3.63) is 63.0 Å². The zero-order chi connectivity index (χ0) is 19.5. The molecule has 1 aromatic heterocycles. The molecule has 1 heterocycles. The molecular formula is C17H13Cl2F2NO3S. The summed E-state index contributed by atoms with van der Waals surface area (Å²) in [6.45, 7) is 5.24. The standard InChI is InChI=1S/C17H13Cl2F2NO3S/c1-3-9-6-5-7-10(18)14(9)26-11-8-12(17(19,20)21)22-15(23)13(11)16(24)25-4-2/h3,5-8H,1,4H2,2H3,(H,22,23). The Morgan fingerprint density at radius 2 is 2.15 bits per heavy atom. The number of alkyl halides is 3. The van der Waals surface area contributed by atoms with Gasteiger partial charge in [0, 0.05) is 9.79 Å². The number of carbonyl (C=O) groups is 1. The fourth-order valence-electron chi connectivity index (χ4n) is 2.07. The van der Waals surface area contributed by atoms with Gasteiger partial charge in [0.2, 0.25) is 0 Å². The Morgan fingerprint density at radius 1 is 1.46 bits per heavy atom. The Kier molecular flexibility index (Phi) is 6.49. The van der Waals surface area contributed by atoms with E-state index in [0.717, 1.165) is 17.8 Å². The van der Waals surface area contributed by atoms with Gasteiger partial charge in [-0.1, -0.05) is 48.2 Å². The summed E-state index contributed by atoms with van der Waals surface area (Å²) < 4.78 is 31.8. The van der Waals surface area contributed by atoms with Crippen LogP contribution in [0, 0.1) is 0 Å². The number of pyridine rings is 1. The number of nitrogens with one attached hydrogen (secondary N) is 1. The van der Waals surface area contributed by atoms with Gasteiger partial charge >= 0.3 is 11.4 Å². The maximum atomic E-state index is 13.5. The molecule has 0 fully saturated rings. The average molecular weight is 420 g/mol. The van der Waals surface area contributed by atoms with E-state index in [1.54, 1.807) is 25.1 Å². The number of hydrogen-bond donors (Lipinski definition) is 1. The summed E-state index contributed by atoms with van der Waals surface area (Å²) in [6, 6.07) is 5.91. The number of aromatic amines is 1. The molecule has 138 valence electrons. The molecule has 0 bridgehead atoms. The van der Waals surface area contributed by atoms with Crippen molar-refractivity contribution < 1.29 is 18.3 Å². The van der Waals surface area contributed by atoms with Gasteiger partial charge in [-0.25, -0.2) is 4.79 Å². The molecule has 26 heavy (non-hydrogen) atoms. The smallest absolute Gasteiger partial charge is 0.362 e. The van der Waals surface area contributed by atoms with Crippen molar-refractivity contribution in [1.29, 1.82) is 0 Å². The molecule has 0 spiro atoms. The molecule has 0 aliphatic rings. The van der Waals surface area contributed by atoms with Crippen LogP contribution in [0.2, 0.25) is 5.02 Å². The molecule has 1 aromatic carbocycles. The quantitative estimate of drug-likeness (QED) is 0.510. The van der Waals surface area contributed by atoms with Gasteiger partial charge in [0.1, 0.15) is 11.3 Å². The van der Waals surface area contributed by atoms with Gasteiger partial charge in [0.05, 0.1) is 11.6 Å². The Hall–Kier alpha value is -1.83. The number of H-pyrrole nitrogens is 1. The first kappa shape index (κ1) is 20.5. The van der Waals surface area contributed by atoms with Crippen LogP contribution in [0.5, 0.6) is 0 Å². The Labute approximate surface area is 162 Å². The van der Waals surface area contributed by atoms with E-state index in [2.05, 4.69) is 6.58 Å². The Morgan fingerprint density at radius 3 is 2.73 bits per heavy atom. The highest BCUT2D eigenvalue weighted by Gasteiger charge is 2.32. The Balaban J connectivity index is 2.69. The van der Waals surface area contributed by atoms with E-state index in [0.29, 0.717) is 15.5 Å². The highest BCUT2D eigenvalue weighted by atomic mass is 35.5. The molecule has 9 heteroatoms. The van der Waals surface area contributed by atoms with Crippen molar-refractivity contribution in [3.8, 4) is 0 Å². The molecule has 0 aliphatic carbocycles. The van der Waals surface area contributed by atoms with Gasteiger partial charge in [-0.2, -0.15) is 8.78 Å². The van der Waals surface area contributed by atoms with Gasteiger partial charge < -0.3 is 9.72 Å². The van der Waals surface area contributed by atoms with E-state index in [1.165, 1.54) is 6.08 Å². The van der Waals surface area contributed by atoms with Gasteiger partial charge in [0.25, 0.3) is 5.56 Å². The van der Waals surface area contributed by atoms with Crippen molar-refractivity contribution in [3.63, 3.8) is 0 Å². The highest BCUT2D eigenvalue weighted by molar-refractivity contribution is 7.99. The summed E-state index contributed by atoms with van der Waals surface area (Å²) in [4.78, 5) is 26.7. The number of rotatable bonds is 6. The summed E-state index contributed by atoms with van der Waals surface area (Å²) in [5.74, 6) is -0.937. The molecule has 0 aliphatic heterocycles. The topological polar surface area (TPSA) is 59.2 Å². The van der Waals surface area contributed by atoms with E-state index in [1.807, 2.05) is 4.98 Å². The lowest BCUT2D eigenvalue weighted by Gasteiger charge is -2.14.